The van der Waals surface area contributed by atoms with Crippen molar-refractivity contribution in [3.8, 4) is 0 Å². The monoisotopic (exact) mass is 260 g/mol. The maximum Gasteiger partial charge on any atom is 0.308 e. The Bertz CT molecular complexity index is 316. The lowest BCUT2D eigenvalue weighted by Crippen LogP contribution is -2.32. The molecule has 2 heterocycles. The number of rotatable bonds is 4. The summed E-state index contributed by atoms with van der Waals surface area (Å²) in [4.78, 5) is 11.5. The molecule has 0 radical (unpaired) electrons. The van der Waals surface area contributed by atoms with Gasteiger partial charge in [0, 0.05) is 0 Å². The Morgan fingerprint density at radius 1 is 1.28 bits per heavy atom. The third-order valence-electron chi connectivity index (χ3n) is 3.10. The highest BCUT2D eigenvalue weighted by molar-refractivity contribution is 5.70. The van der Waals surface area contributed by atoms with E-state index in [2.05, 4.69) is 0 Å². The van der Waals surface area contributed by atoms with Crippen molar-refractivity contribution in [3.05, 3.63) is 0 Å². The molecule has 6 nitrogen and oxygen atoms in total. The normalized spacial score (nSPS) is 37.6. The van der Waals surface area contributed by atoms with Gasteiger partial charge in [0.25, 0.3) is 0 Å². The van der Waals surface area contributed by atoms with Gasteiger partial charge in [-0.25, -0.2) is 0 Å². The van der Waals surface area contributed by atoms with Gasteiger partial charge in [-0.05, 0) is 20.8 Å². The predicted octanol–water partition coefficient (Wildman–Crippen LogP) is 0.219. The molecule has 1 N–H and O–H groups in total. The number of aliphatic hydroxyl groups is 1. The summed E-state index contributed by atoms with van der Waals surface area (Å²) in [5, 5.41) is 9.26. The van der Waals surface area contributed by atoms with Gasteiger partial charge in [0.15, 0.2) is 5.79 Å². The van der Waals surface area contributed by atoms with E-state index >= 15 is 0 Å². The van der Waals surface area contributed by atoms with Crippen LogP contribution in [0.3, 0.4) is 0 Å². The van der Waals surface area contributed by atoms with Gasteiger partial charge < -0.3 is 24.1 Å². The van der Waals surface area contributed by atoms with E-state index in [-0.39, 0.29) is 31.2 Å². The van der Waals surface area contributed by atoms with Crippen molar-refractivity contribution in [2.75, 3.05) is 13.2 Å². The Labute approximate surface area is 106 Å². The number of carbonyl (C=O) groups excluding carboxylic acids is 1. The zero-order chi connectivity index (χ0) is 13.3. The first-order valence-corrected chi connectivity index (χ1v) is 6.24. The Balaban J connectivity index is 2.02. The Morgan fingerprint density at radius 2 is 1.89 bits per heavy atom. The standard InChI is InChI=1S/C12H20O6/c1-4-15-9(14)5-7-10-11(8(6-13)16-7)18-12(2,3)17-10/h7-8,10-11,13H,4-6H2,1-3H3. The molecule has 0 aliphatic carbocycles. The molecular formula is C12H20O6. The number of fused-ring (bicyclic) bond motifs is 1. The lowest BCUT2D eigenvalue weighted by Gasteiger charge is -2.23. The molecule has 0 aromatic carbocycles. The summed E-state index contributed by atoms with van der Waals surface area (Å²) >= 11 is 0. The molecule has 2 aliphatic heterocycles. The van der Waals surface area contributed by atoms with Crippen LogP contribution >= 0.6 is 0 Å². The fraction of sp³-hybridized carbons (Fsp3) is 0.917. The minimum Gasteiger partial charge on any atom is -0.466 e. The van der Waals surface area contributed by atoms with Crippen molar-refractivity contribution in [3.63, 3.8) is 0 Å². The van der Waals surface area contributed by atoms with Gasteiger partial charge in [0.1, 0.15) is 18.3 Å². The quantitative estimate of drug-likeness (QED) is 0.729. The molecule has 104 valence electrons. The first kappa shape index (κ1) is 13.7. The van der Waals surface area contributed by atoms with Crippen LogP contribution in [0.25, 0.3) is 0 Å². The number of carbonyl (C=O) groups is 1. The van der Waals surface area contributed by atoms with Crippen molar-refractivity contribution < 1.29 is 28.8 Å². The van der Waals surface area contributed by atoms with Gasteiger partial charge in [-0.3, -0.25) is 4.79 Å². The summed E-state index contributed by atoms with van der Waals surface area (Å²) in [6, 6.07) is 0. The number of esters is 1. The number of hydrogen-bond acceptors (Lipinski definition) is 6. The van der Waals surface area contributed by atoms with Crippen molar-refractivity contribution in [2.24, 2.45) is 0 Å². The predicted molar refractivity (Wildman–Crippen MR) is 60.8 cm³/mol. The largest absolute Gasteiger partial charge is 0.466 e. The second-order valence-electron chi connectivity index (χ2n) is 4.97. The lowest BCUT2D eigenvalue weighted by atomic mass is 10.1. The summed E-state index contributed by atoms with van der Waals surface area (Å²) < 4.78 is 21.9. The second kappa shape index (κ2) is 5.13. The minimum absolute atomic E-state index is 0.116. The fourth-order valence-corrected chi connectivity index (χ4v) is 2.47. The molecule has 2 fully saturated rings. The van der Waals surface area contributed by atoms with E-state index < -0.39 is 18.0 Å². The van der Waals surface area contributed by atoms with Crippen molar-refractivity contribution >= 4 is 5.97 Å². The van der Waals surface area contributed by atoms with Gasteiger partial charge in [-0.1, -0.05) is 0 Å². The van der Waals surface area contributed by atoms with E-state index in [1.807, 2.05) is 0 Å². The summed E-state index contributed by atoms with van der Waals surface area (Å²) in [5.74, 6) is -1.03. The third-order valence-corrected chi connectivity index (χ3v) is 3.10. The molecule has 2 rings (SSSR count). The van der Waals surface area contributed by atoms with Gasteiger partial charge in [-0.2, -0.15) is 0 Å². The van der Waals surface area contributed by atoms with E-state index in [4.69, 9.17) is 18.9 Å². The van der Waals surface area contributed by atoms with E-state index in [1.165, 1.54) is 0 Å². The highest BCUT2D eigenvalue weighted by atomic mass is 16.8. The van der Waals surface area contributed by atoms with Crippen molar-refractivity contribution in [1.29, 1.82) is 0 Å². The molecule has 4 atom stereocenters. The molecule has 0 aromatic heterocycles. The van der Waals surface area contributed by atoms with Crippen LogP contribution in [0.5, 0.6) is 0 Å². The second-order valence-corrected chi connectivity index (χ2v) is 4.97. The molecule has 6 heteroatoms. The van der Waals surface area contributed by atoms with Gasteiger partial charge in [-0.15, -0.1) is 0 Å². The average Bonchev–Trinajstić information content (AvgIpc) is 2.74. The molecule has 0 aromatic rings. The fourth-order valence-electron chi connectivity index (χ4n) is 2.47. The summed E-state index contributed by atoms with van der Waals surface area (Å²) in [7, 11) is 0. The first-order chi connectivity index (χ1) is 8.46. The van der Waals surface area contributed by atoms with Crippen LogP contribution in [0, 0.1) is 0 Å². The number of ether oxygens (including phenoxy) is 4. The van der Waals surface area contributed by atoms with Gasteiger partial charge in [0.05, 0.1) is 25.7 Å². The van der Waals surface area contributed by atoms with E-state index in [9.17, 15) is 9.90 Å². The zero-order valence-electron chi connectivity index (χ0n) is 10.9. The smallest absolute Gasteiger partial charge is 0.308 e. The van der Waals surface area contributed by atoms with Gasteiger partial charge in [0.2, 0.25) is 0 Å². The lowest BCUT2D eigenvalue weighted by molar-refractivity contribution is -0.193. The van der Waals surface area contributed by atoms with Crippen LogP contribution in [-0.4, -0.2) is 54.5 Å². The Kier molecular flexibility index (Phi) is 3.91. The maximum absolute atomic E-state index is 11.5. The summed E-state index contributed by atoms with van der Waals surface area (Å²) in [6.45, 7) is 5.55. The van der Waals surface area contributed by atoms with Gasteiger partial charge >= 0.3 is 5.97 Å². The van der Waals surface area contributed by atoms with Crippen LogP contribution in [0.2, 0.25) is 0 Å². The van der Waals surface area contributed by atoms with E-state index in [1.54, 1.807) is 20.8 Å². The van der Waals surface area contributed by atoms with Crippen LogP contribution in [-0.2, 0) is 23.7 Å². The number of aliphatic hydroxyl groups excluding tert-OH is 1. The molecule has 18 heavy (non-hydrogen) atoms. The molecule has 2 aliphatic rings. The molecule has 0 bridgehead atoms. The first-order valence-electron chi connectivity index (χ1n) is 6.24. The SMILES string of the molecule is CCOC(=O)CC1OC(CO)C2OC(C)(C)OC12. The zero-order valence-corrected chi connectivity index (χ0v) is 10.9. The summed E-state index contributed by atoms with van der Waals surface area (Å²) in [6.07, 6.45) is -1.42. The number of hydrogen-bond donors (Lipinski definition) is 1. The molecule has 0 saturated carbocycles. The molecule has 0 amide bonds. The Hall–Kier alpha value is -0.690. The molecule has 2 saturated heterocycles. The Morgan fingerprint density at radius 3 is 2.44 bits per heavy atom. The average molecular weight is 260 g/mol. The van der Waals surface area contributed by atoms with Crippen LogP contribution in [0.1, 0.15) is 27.2 Å². The van der Waals surface area contributed by atoms with Crippen LogP contribution in [0.15, 0.2) is 0 Å². The van der Waals surface area contributed by atoms with E-state index in [0.29, 0.717) is 6.61 Å². The van der Waals surface area contributed by atoms with Crippen LogP contribution in [0.4, 0.5) is 0 Å². The van der Waals surface area contributed by atoms with Crippen molar-refractivity contribution in [2.45, 2.75) is 57.4 Å². The molecular weight excluding hydrogens is 240 g/mol. The topological polar surface area (TPSA) is 74.2 Å². The van der Waals surface area contributed by atoms with E-state index in [0.717, 1.165) is 0 Å². The molecule has 0 spiro atoms. The van der Waals surface area contributed by atoms with Crippen LogP contribution < -0.4 is 0 Å². The highest BCUT2D eigenvalue weighted by Crippen LogP contribution is 2.39. The summed E-state index contributed by atoms with van der Waals surface area (Å²) in [5.41, 5.74) is 0. The molecule has 4 unspecified atom stereocenters. The van der Waals surface area contributed by atoms with Crippen molar-refractivity contribution in [1.82, 2.24) is 0 Å². The maximum atomic E-state index is 11.5. The minimum atomic E-state index is -0.709. The third kappa shape index (κ3) is 2.66. The highest BCUT2D eigenvalue weighted by Gasteiger charge is 2.55.